The van der Waals surface area contributed by atoms with E-state index in [1.165, 1.54) is 0 Å². The molecule has 0 aromatic heterocycles. The number of rotatable bonds is 8. The first kappa shape index (κ1) is 12.4. The fourth-order valence-electron chi connectivity index (χ4n) is 0.870. The van der Waals surface area contributed by atoms with Gasteiger partial charge in [-0.15, -0.1) is 0 Å². The quantitative estimate of drug-likeness (QED) is 0.455. The minimum atomic E-state index is -3.45. The van der Waals surface area contributed by atoms with E-state index in [9.17, 15) is 13.2 Å². The first-order valence-corrected chi connectivity index (χ1v) is 6.04. The van der Waals surface area contributed by atoms with Crippen molar-refractivity contribution in [3.8, 4) is 0 Å². The van der Waals surface area contributed by atoms with Crippen LogP contribution >= 0.6 is 0 Å². The fraction of sp³-hybridized carbons (Fsp3) is 0.857. The van der Waals surface area contributed by atoms with Crippen LogP contribution in [-0.4, -0.2) is 45.3 Å². The van der Waals surface area contributed by atoms with Crippen LogP contribution in [0.5, 0.6) is 0 Å². The van der Waals surface area contributed by atoms with E-state index in [0.717, 1.165) is 12.8 Å². The lowest BCUT2D eigenvalue weighted by Gasteiger charge is -2.06. The SMILES string of the molecule is O=C(O)COCCNS(=O)(=O)NC1CC1. The monoisotopic (exact) mass is 238 g/mol. The Morgan fingerprint density at radius 3 is 2.67 bits per heavy atom. The standard InChI is InChI=1S/C7H14N2O5S/c10-7(11)5-14-4-3-8-15(12,13)9-6-1-2-6/h6,8-9H,1-5H2,(H,10,11). The van der Waals surface area contributed by atoms with Crippen molar-refractivity contribution < 1.29 is 23.1 Å². The fourth-order valence-corrected chi connectivity index (χ4v) is 1.98. The summed E-state index contributed by atoms with van der Waals surface area (Å²) < 4.78 is 31.7. The third-order valence-electron chi connectivity index (χ3n) is 1.66. The molecule has 1 saturated carbocycles. The van der Waals surface area contributed by atoms with Crippen molar-refractivity contribution in [3.63, 3.8) is 0 Å². The van der Waals surface area contributed by atoms with Gasteiger partial charge in [0.05, 0.1) is 6.61 Å². The van der Waals surface area contributed by atoms with E-state index in [2.05, 4.69) is 14.2 Å². The lowest BCUT2D eigenvalue weighted by atomic mass is 10.7. The topological polar surface area (TPSA) is 105 Å². The Morgan fingerprint density at radius 1 is 1.47 bits per heavy atom. The van der Waals surface area contributed by atoms with E-state index in [1.807, 2.05) is 0 Å². The van der Waals surface area contributed by atoms with Crippen LogP contribution in [0.25, 0.3) is 0 Å². The van der Waals surface area contributed by atoms with Crippen LogP contribution in [0.15, 0.2) is 0 Å². The van der Waals surface area contributed by atoms with Gasteiger partial charge in [-0.05, 0) is 12.8 Å². The maximum Gasteiger partial charge on any atom is 0.329 e. The zero-order chi connectivity index (χ0) is 11.3. The normalized spacial score (nSPS) is 16.5. The largest absolute Gasteiger partial charge is 0.480 e. The van der Waals surface area contributed by atoms with Crippen LogP contribution in [0.1, 0.15) is 12.8 Å². The van der Waals surface area contributed by atoms with Crippen molar-refractivity contribution >= 4 is 16.2 Å². The van der Waals surface area contributed by atoms with Gasteiger partial charge < -0.3 is 9.84 Å². The summed E-state index contributed by atoms with van der Waals surface area (Å²) in [5, 5.41) is 8.22. The van der Waals surface area contributed by atoms with Crippen molar-refractivity contribution in [1.29, 1.82) is 0 Å². The number of hydrogen-bond acceptors (Lipinski definition) is 4. The van der Waals surface area contributed by atoms with Gasteiger partial charge in [0.2, 0.25) is 0 Å². The molecule has 0 aromatic carbocycles. The summed E-state index contributed by atoms with van der Waals surface area (Å²) in [6.07, 6.45) is 1.74. The number of hydrogen-bond donors (Lipinski definition) is 3. The average Bonchev–Trinajstić information content (AvgIpc) is 2.86. The van der Waals surface area contributed by atoms with Crippen molar-refractivity contribution in [2.24, 2.45) is 0 Å². The molecule has 1 rings (SSSR count). The summed E-state index contributed by atoms with van der Waals surface area (Å²) in [5.41, 5.74) is 0. The Morgan fingerprint density at radius 2 is 2.13 bits per heavy atom. The molecule has 0 bridgehead atoms. The Hall–Kier alpha value is -0.700. The first-order chi connectivity index (χ1) is 6.99. The van der Waals surface area contributed by atoms with Crippen molar-refractivity contribution in [3.05, 3.63) is 0 Å². The molecule has 7 nitrogen and oxygen atoms in total. The van der Waals surface area contributed by atoms with Gasteiger partial charge in [0, 0.05) is 12.6 Å². The van der Waals surface area contributed by atoms with E-state index in [4.69, 9.17) is 5.11 Å². The van der Waals surface area contributed by atoms with Gasteiger partial charge in [0.15, 0.2) is 0 Å². The molecule has 0 saturated heterocycles. The Labute approximate surface area is 88.0 Å². The molecular weight excluding hydrogens is 224 g/mol. The Bertz CT molecular complexity index is 311. The second-order valence-electron chi connectivity index (χ2n) is 3.24. The number of ether oxygens (including phenoxy) is 1. The van der Waals surface area contributed by atoms with Gasteiger partial charge in [0.25, 0.3) is 10.2 Å². The minimum Gasteiger partial charge on any atom is -0.480 e. The molecule has 0 radical (unpaired) electrons. The number of carboxylic acid groups (broad SMARTS) is 1. The molecule has 0 amide bonds. The molecule has 3 N–H and O–H groups in total. The number of carbonyl (C=O) groups is 1. The molecule has 0 aromatic rings. The van der Waals surface area contributed by atoms with Gasteiger partial charge in [-0.3, -0.25) is 0 Å². The van der Waals surface area contributed by atoms with Gasteiger partial charge in [-0.1, -0.05) is 0 Å². The Balaban J connectivity index is 2.05. The van der Waals surface area contributed by atoms with E-state index in [0.29, 0.717) is 0 Å². The van der Waals surface area contributed by atoms with Crippen LogP contribution in [0.4, 0.5) is 0 Å². The summed E-state index contributed by atoms with van der Waals surface area (Å²) in [5.74, 6) is -1.08. The van der Waals surface area contributed by atoms with E-state index < -0.39 is 22.8 Å². The zero-order valence-corrected chi connectivity index (χ0v) is 8.92. The van der Waals surface area contributed by atoms with Gasteiger partial charge >= 0.3 is 5.97 Å². The lowest BCUT2D eigenvalue weighted by molar-refractivity contribution is -0.142. The third kappa shape index (κ3) is 6.39. The van der Waals surface area contributed by atoms with Crippen molar-refractivity contribution in [2.45, 2.75) is 18.9 Å². The number of carboxylic acids is 1. The zero-order valence-electron chi connectivity index (χ0n) is 8.10. The minimum absolute atomic E-state index is 0.0396. The summed E-state index contributed by atoms with van der Waals surface area (Å²) in [7, 11) is -3.45. The molecule has 0 aliphatic heterocycles. The van der Waals surface area contributed by atoms with Gasteiger partial charge in [0.1, 0.15) is 6.61 Å². The smallest absolute Gasteiger partial charge is 0.329 e. The number of aliphatic carboxylic acids is 1. The molecule has 1 aliphatic rings. The second-order valence-corrected chi connectivity index (χ2v) is 4.77. The van der Waals surface area contributed by atoms with Crippen LogP contribution in [0.3, 0.4) is 0 Å². The van der Waals surface area contributed by atoms with E-state index >= 15 is 0 Å². The molecule has 1 fully saturated rings. The van der Waals surface area contributed by atoms with Gasteiger partial charge in [-0.2, -0.15) is 17.9 Å². The first-order valence-electron chi connectivity index (χ1n) is 4.56. The highest BCUT2D eigenvalue weighted by Crippen LogP contribution is 2.19. The maximum absolute atomic E-state index is 11.2. The summed E-state index contributed by atoms with van der Waals surface area (Å²) in [6, 6.07) is 0.0578. The highest BCUT2D eigenvalue weighted by atomic mass is 32.2. The predicted octanol–water partition coefficient (Wildman–Crippen LogP) is -1.33. The molecule has 0 spiro atoms. The predicted molar refractivity (Wildman–Crippen MR) is 51.5 cm³/mol. The molecule has 1 aliphatic carbocycles. The molecule has 0 heterocycles. The number of nitrogens with one attached hydrogen (secondary N) is 2. The third-order valence-corrected chi connectivity index (χ3v) is 2.89. The van der Waals surface area contributed by atoms with E-state index in [1.54, 1.807) is 0 Å². The Kier molecular flexibility index (Phi) is 4.45. The van der Waals surface area contributed by atoms with Crippen molar-refractivity contribution in [1.82, 2.24) is 9.44 Å². The van der Waals surface area contributed by atoms with Crippen LogP contribution in [-0.2, 0) is 19.7 Å². The summed E-state index contributed by atoms with van der Waals surface area (Å²) >= 11 is 0. The second kappa shape index (κ2) is 5.40. The molecule has 0 unspecified atom stereocenters. The lowest BCUT2D eigenvalue weighted by Crippen LogP contribution is -2.39. The highest BCUT2D eigenvalue weighted by Gasteiger charge is 2.26. The molecule has 8 heteroatoms. The average molecular weight is 238 g/mol. The molecular formula is C7H14N2O5S. The van der Waals surface area contributed by atoms with Crippen LogP contribution < -0.4 is 9.44 Å². The summed E-state index contributed by atoms with van der Waals surface area (Å²) in [6.45, 7) is -0.314. The van der Waals surface area contributed by atoms with Crippen LogP contribution in [0.2, 0.25) is 0 Å². The van der Waals surface area contributed by atoms with Gasteiger partial charge in [-0.25, -0.2) is 4.79 Å². The molecule has 88 valence electrons. The van der Waals surface area contributed by atoms with E-state index in [-0.39, 0.29) is 19.2 Å². The van der Waals surface area contributed by atoms with Crippen molar-refractivity contribution in [2.75, 3.05) is 19.8 Å². The summed E-state index contributed by atoms with van der Waals surface area (Å²) in [4.78, 5) is 10.0. The molecule has 0 atom stereocenters. The highest BCUT2D eigenvalue weighted by molar-refractivity contribution is 7.87. The molecule has 15 heavy (non-hydrogen) atoms. The maximum atomic E-state index is 11.2. The van der Waals surface area contributed by atoms with Crippen LogP contribution in [0, 0.1) is 0 Å².